The van der Waals surface area contributed by atoms with Crippen molar-refractivity contribution in [3.8, 4) is 11.4 Å². The minimum absolute atomic E-state index is 0.0353. The first-order valence-corrected chi connectivity index (χ1v) is 10.4. The molecule has 0 bridgehead atoms. The van der Waals surface area contributed by atoms with Gasteiger partial charge in [0.1, 0.15) is 5.75 Å². The Morgan fingerprint density at radius 1 is 1.07 bits per heavy atom. The predicted octanol–water partition coefficient (Wildman–Crippen LogP) is 4.44. The molecule has 5 heteroatoms. The van der Waals surface area contributed by atoms with Crippen molar-refractivity contribution in [1.82, 2.24) is 15.1 Å². The van der Waals surface area contributed by atoms with Crippen molar-refractivity contribution < 1.29 is 9.53 Å². The monoisotopic (exact) mass is 389 g/mol. The van der Waals surface area contributed by atoms with Crippen LogP contribution in [0.15, 0.2) is 67.0 Å². The Hall–Kier alpha value is -3.08. The second-order valence-electron chi connectivity index (χ2n) is 7.54. The largest absolute Gasteiger partial charge is 0.490 e. The van der Waals surface area contributed by atoms with E-state index in [0.29, 0.717) is 25.5 Å². The number of rotatable bonds is 8. The maximum absolute atomic E-state index is 12.3. The summed E-state index contributed by atoms with van der Waals surface area (Å²) in [6.45, 7) is 0.491. The summed E-state index contributed by atoms with van der Waals surface area (Å²) in [5, 5.41) is 7.41. The highest BCUT2D eigenvalue weighted by atomic mass is 16.5. The minimum Gasteiger partial charge on any atom is -0.490 e. The normalized spacial score (nSPS) is 14.1. The lowest BCUT2D eigenvalue weighted by molar-refractivity contribution is -0.121. The quantitative estimate of drug-likeness (QED) is 0.620. The van der Waals surface area contributed by atoms with Crippen LogP contribution in [-0.4, -0.2) is 21.8 Å². The number of aryl methyl sites for hydroxylation is 1. The molecule has 0 aliphatic heterocycles. The van der Waals surface area contributed by atoms with Gasteiger partial charge >= 0.3 is 0 Å². The number of carbonyl (C=O) groups is 1. The van der Waals surface area contributed by atoms with Crippen LogP contribution < -0.4 is 10.1 Å². The molecule has 1 aliphatic carbocycles. The van der Waals surface area contributed by atoms with E-state index in [1.54, 1.807) is 0 Å². The van der Waals surface area contributed by atoms with Crippen LogP contribution in [0.1, 0.15) is 43.2 Å². The van der Waals surface area contributed by atoms with Gasteiger partial charge in [-0.15, -0.1) is 0 Å². The van der Waals surface area contributed by atoms with Gasteiger partial charge in [-0.25, -0.2) is 4.68 Å². The van der Waals surface area contributed by atoms with Crippen molar-refractivity contribution in [3.05, 3.63) is 78.1 Å². The Morgan fingerprint density at radius 3 is 2.66 bits per heavy atom. The third kappa shape index (κ3) is 5.25. The first-order chi connectivity index (χ1) is 14.3. The van der Waals surface area contributed by atoms with E-state index in [1.165, 1.54) is 12.8 Å². The molecule has 2 aromatic carbocycles. The Kier molecular flexibility index (Phi) is 6.25. The maximum Gasteiger partial charge on any atom is 0.220 e. The molecule has 0 spiro atoms. The van der Waals surface area contributed by atoms with E-state index in [2.05, 4.69) is 10.4 Å². The van der Waals surface area contributed by atoms with E-state index in [4.69, 9.17) is 4.74 Å². The highest BCUT2D eigenvalue weighted by molar-refractivity contribution is 5.76. The number of amides is 1. The Labute approximate surface area is 171 Å². The molecule has 1 heterocycles. The van der Waals surface area contributed by atoms with Crippen LogP contribution in [0.25, 0.3) is 5.69 Å². The van der Waals surface area contributed by atoms with Gasteiger partial charge in [-0.05, 0) is 55.9 Å². The van der Waals surface area contributed by atoms with Crippen LogP contribution in [0, 0.1) is 0 Å². The summed E-state index contributed by atoms with van der Waals surface area (Å²) in [6, 6.07) is 18.0. The lowest BCUT2D eigenvalue weighted by Gasteiger charge is -2.16. The van der Waals surface area contributed by atoms with Gasteiger partial charge in [0.15, 0.2) is 0 Å². The highest BCUT2D eigenvalue weighted by Crippen LogP contribution is 2.26. The lowest BCUT2D eigenvalue weighted by Crippen LogP contribution is -2.23. The predicted molar refractivity (Wildman–Crippen MR) is 113 cm³/mol. The van der Waals surface area contributed by atoms with Crippen molar-refractivity contribution in [2.75, 3.05) is 0 Å². The second-order valence-corrected chi connectivity index (χ2v) is 7.54. The van der Waals surface area contributed by atoms with Gasteiger partial charge in [0, 0.05) is 24.7 Å². The van der Waals surface area contributed by atoms with Gasteiger partial charge in [-0.3, -0.25) is 4.79 Å². The molecule has 1 fully saturated rings. The van der Waals surface area contributed by atoms with Crippen molar-refractivity contribution in [2.45, 2.75) is 51.2 Å². The maximum atomic E-state index is 12.3. The van der Waals surface area contributed by atoms with Crippen LogP contribution in [-0.2, 0) is 17.8 Å². The van der Waals surface area contributed by atoms with E-state index >= 15 is 0 Å². The molecular formula is C24H27N3O2. The van der Waals surface area contributed by atoms with Crippen molar-refractivity contribution >= 4 is 5.91 Å². The molecule has 5 nitrogen and oxygen atoms in total. The summed E-state index contributed by atoms with van der Waals surface area (Å²) in [7, 11) is 0. The molecule has 1 aromatic heterocycles. The zero-order valence-electron chi connectivity index (χ0n) is 16.6. The summed E-state index contributed by atoms with van der Waals surface area (Å²) in [6.07, 6.45) is 9.94. The summed E-state index contributed by atoms with van der Waals surface area (Å²) >= 11 is 0. The molecule has 29 heavy (non-hydrogen) atoms. The average molecular weight is 389 g/mol. The van der Waals surface area contributed by atoms with E-state index in [1.807, 2.05) is 71.7 Å². The zero-order chi connectivity index (χ0) is 19.9. The molecule has 0 radical (unpaired) electrons. The smallest absolute Gasteiger partial charge is 0.220 e. The third-order valence-electron chi connectivity index (χ3n) is 5.34. The Bertz CT molecular complexity index is 930. The summed E-state index contributed by atoms with van der Waals surface area (Å²) in [4.78, 5) is 12.3. The number of para-hydroxylation sites is 2. The van der Waals surface area contributed by atoms with Gasteiger partial charge in [-0.1, -0.05) is 36.4 Å². The number of carbonyl (C=O) groups excluding carboxylic acids is 1. The molecule has 0 atom stereocenters. The molecule has 1 aliphatic rings. The molecule has 1 saturated carbocycles. The fraction of sp³-hybridized carbons (Fsp3) is 0.333. The topological polar surface area (TPSA) is 56.2 Å². The average Bonchev–Trinajstić information content (AvgIpc) is 3.44. The number of ether oxygens (including phenoxy) is 1. The number of hydrogen-bond donors (Lipinski definition) is 1. The number of benzene rings is 2. The van der Waals surface area contributed by atoms with Crippen LogP contribution in [0.3, 0.4) is 0 Å². The van der Waals surface area contributed by atoms with Crippen LogP contribution >= 0.6 is 0 Å². The van der Waals surface area contributed by atoms with Gasteiger partial charge in [0.25, 0.3) is 0 Å². The summed E-state index contributed by atoms with van der Waals surface area (Å²) in [5.74, 6) is 0.928. The Balaban J connectivity index is 1.27. The molecule has 1 N–H and O–H groups in total. The van der Waals surface area contributed by atoms with E-state index < -0.39 is 0 Å². The minimum atomic E-state index is 0.0353. The SMILES string of the molecule is O=C(CCc1cnn(-c2ccccc2)c1)NCc1ccccc1OC1CCCC1. The highest BCUT2D eigenvalue weighted by Gasteiger charge is 2.17. The fourth-order valence-corrected chi connectivity index (χ4v) is 3.70. The van der Waals surface area contributed by atoms with E-state index in [0.717, 1.165) is 35.4 Å². The number of nitrogens with one attached hydrogen (secondary N) is 1. The van der Waals surface area contributed by atoms with Crippen molar-refractivity contribution in [3.63, 3.8) is 0 Å². The molecule has 3 aromatic rings. The van der Waals surface area contributed by atoms with Gasteiger partial charge in [0.05, 0.1) is 18.0 Å². The number of hydrogen-bond acceptors (Lipinski definition) is 3. The number of aromatic nitrogens is 2. The van der Waals surface area contributed by atoms with Gasteiger partial charge < -0.3 is 10.1 Å². The van der Waals surface area contributed by atoms with Crippen molar-refractivity contribution in [1.29, 1.82) is 0 Å². The molecular weight excluding hydrogens is 362 g/mol. The number of nitrogens with zero attached hydrogens (tertiary/aromatic N) is 2. The molecule has 150 valence electrons. The second kappa shape index (κ2) is 9.41. The lowest BCUT2D eigenvalue weighted by atomic mass is 10.1. The zero-order valence-corrected chi connectivity index (χ0v) is 16.6. The van der Waals surface area contributed by atoms with Gasteiger partial charge in [-0.2, -0.15) is 5.10 Å². The van der Waals surface area contributed by atoms with Crippen LogP contribution in [0.4, 0.5) is 0 Å². The summed E-state index contributed by atoms with van der Waals surface area (Å²) in [5.41, 5.74) is 3.10. The van der Waals surface area contributed by atoms with Crippen LogP contribution in [0.2, 0.25) is 0 Å². The summed E-state index contributed by atoms with van der Waals surface area (Å²) < 4.78 is 7.99. The molecule has 4 rings (SSSR count). The van der Waals surface area contributed by atoms with Gasteiger partial charge in [0.2, 0.25) is 5.91 Å². The first kappa shape index (κ1) is 19.2. The fourth-order valence-electron chi connectivity index (χ4n) is 3.70. The molecule has 1 amide bonds. The van der Waals surface area contributed by atoms with E-state index in [9.17, 15) is 4.79 Å². The van der Waals surface area contributed by atoms with Crippen LogP contribution in [0.5, 0.6) is 5.75 Å². The molecule has 0 saturated heterocycles. The standard InChI is InChI=1S/C24H27N3O2/c28-24(15-14-19-16-26-27(18-19)21-9-2-1-3-10-21)25-17-20-8-4-7-13-23(20)29-22-11-5-6-12-22/h1-4,7-10,13,16,18,22H,5-6,11-12,14-15,17H2,(H,25,28). The van der Waals surface area contributed by atoms with Crippen molar-refractivity contribution in [2.24, 2.45) is 0 Å². The molecule has 0 unspecified atom stereocenters. The third-order valence-corrected chi connectivity index (χ3v) is 5.34. The Morgan fingerprint density at radius 2 is 1.83 bits per heavy atom. The first-order valence-electron chi connectivity index (χ1n) is 10.4. The van der Waals surface area contributed by atoms with E-state index in [-0.39, 0.29) is 5.91 Å².